The summed E-state index contributed by atoms with van der Waals surface area (Å²) < 4.78 is 0. The molecule has 1 saturated heterocycles. The van der Waals surface area contributed by atoms with Gasteiger partial charge >= 0.3 is 5.97 Å². The van der Waals surface area contributed by atoms with Gasteiger partial charge in [0.1, 0.15) is 0 Å². The van der Waals surface area contributed by atoms with E-state index in [1.165, 1.54) is 6.42 Å². The molecule has 3 aromatic rings. The Bertz CT molecular complexity index is 935. The molecule has 1 aliphatic rings. The fourth-order valence-corrected chi connectivity index (χ4v) is 3.51. The van der Waals surface area contributed by atoms with Gasteiger partial charge in [-0.1, -0.05) is 30.3 Å². The van der Waals surface area contributed by atoms with Gasteiger partial charge in [-0.3, -0.25) is 0 Å². The molecule has 4 rings (SSSR count). The van der Waals surface area contributed by atoms with E-state index in [-0.39, 0.29) is 5.69 Å². The molecular formula is C21H21N3O2. The summed E-state index contributed by atoms with van der Waals surface area (Å²) in [5, 5.41) is 13.9. The number of nitrogens with one attached hydrogen (secondary N) is 1. The second kappa shape index (κ2) is 7.04. The van der Waals surface area contributed by atoms with Crippen molar-refractivity contribution in [1.82, 2.24) is 4.98 Å². The Labute approximate surface area is 152 Å². The van der Waals surface area contributed by atoms with Gasteiger partial charge < -0.3 is 15.3 Å². The SMILES string of the molecule is O=C(O)c1cc(N2CCCCC2)c2cccc(Nc3ccccc3)c2n1. The normalized spacial score (nSPS) is 14.4. The van der Waals surface area contributed by atoms with Crippen LogP contribution in [0.3, 0.4) is 0 Å². The van der Waals surface area contributed by atoms with Crippen LogP contribution in [-0.4, -0.2) is 29.1 Å². The third kappa shape index (κ3) is 3.20. The Hall–Kier alpha value is -3.08. The molecule has 0 atom stereocenters. The number of rotatable bonds is 4. The maximum absolute atomic E-state index is 11.6. The Balaban J connectivity index is 1.86. The molecule has 1 aliphatic heterocycles. The molecule has 2 heterocycles. The van der Waals surface area contributed by atoms with Gasteiger partial charge in [-0.25, -0.2) is 9.78 Å². The van der Waals surface area contributed by atoms with Crippen molar-refractivity contribution < 1.29 is 9.90 Å². The first kappa shape index (κ1) is 16.4. The lowest BCUT2D eigenvalue weighted by atomic mass is 10.1. The number of nitrogens with zero attached hydrogens (tertiary/aromatic N) is 2. The molecule has 5 heteroatoms. The van der Waals surface area contributed by atoms with Crippen molar-refractivity contribution in [1.29, 1.82) is 0 Å². The summed E-state index contributed by atoms with van der Waals surface area (Å²) in [4.78, 5) is 18.4. The molecule has 132 valence electrons. The van der Waals surface area contributed by atoms with Gasteiger partial charge in [-0.15, -0.1) is 0 Å². The minimum atomic E-state index is -1.00. The van der Waals surface area contributed by atoms with Crippen LogP contribution in [0, 0.1) is 0 Å². The van der Waals surface area contributed by atoms with E-state index in [0.29, 0.717) is 5.52 Å². The van der Waals surface area contributed by atoms with E-state index in [2.05, 4.69) is 15.2 Å². The Morgan fingerprint density at radius 3 is 2.50 bits per heavy atom. The van der Waals surface area contributed by atoms with Crippen molar-refractivity contribution in [3.63, 3.8) is 0 Å². The van der Waals surface area contributed by atoms with Crippen LogP contribution in [0.1, 0.15) is 29.8 Å². The van der Waals surface area contributed by atoms with Crippen molar-refractivity contribution in [2.24, 2.45) is 0 Å². The molecule has 0 unspecified atom stereocenters. The molecule has 5 nitrogen and oxygen atoms in total. The van der Waals surface area contributed by atoms with E-state index in [1.54, 1.807) is 6.07 Å². The van der Waals surface area contributed by atoms with Crippen LogP contribution < -0.4 is 10.2 Å². The smallest absolute Gasteiger partial charge is 0.354 e. The summed E-state index contributed by atoms with van der Waals surface area (Å²) in [5.41, 5.74) is 3.50. The molecule has 1 aromatic heterocycles. The molecule has 0 spiro atoms. The molecular weight excluding hydrogens is 326 g/mol. The summed E-state index contributed by atoms with van der Waals surface area (Å²) in [6.07, 6.45) is 3.49. The van der Waals surface area contributed by atoms with E-state index < -0.39 is 5.97 Å². The van der Waals surface area contributed by atoms with Crippen LogP contribution in [-0.2, 0) is 0 Å². The number of piperidine rings is 1. The van der Waals surface area contributed by atoms with Crippen LogP contribution in [0.2, 0.25) is 0 Å². The van der Waals surface area contributed by atoms with Gasteiger partial charge in [-0.2, -0.15) is 0 Å². The topological polar surface area (TPSA) is 65.5 Å². The van der Waals surface area contributed by atoms with Crippen LogP contribution >= 0.6 is 0 Å². The number of aromatic nitrogens is 1. The van der Waals surface area contributed by atoms with Crippen LogP contribution in [0.25, 0.3) is 10.9 Å². The Morgan fingerprint density at radius 1 is 1.00 bits per heavy atom. The standard InChI is InChI=1S/C21H21N3O2/c25-21(26)18-14-19(24-12-5-2-6-13-24)16-10-7-11-17(20(16)23-18)22-15-8-3-1-4-9-15/h1,3-4,7-11,14,22H,2,5-6,12-13H2,(H,25,26). The van der Waals surface area contributed by atoms with E-state index >= 15 is 0 Å². The highest BCUT2D eigenvalue weighted by Crippen LogP contribution is 2.33. The summed E-state index contributed by atoms with van der Waals surface area (Å²) in [7, 11) is 0. The fourth-order valence-electron chi connectivity index (χ4n) is 3.51. The fraction of sp³-hybridized carbons (Fsp3) is 0.238. The average Bonchev–Trinajstić information content (AvgIpc) is 2.69. The number of carboxylic acids is 1. The highest BCUT2D eigenvalue weighted by Gasteiger charge is 2.19. The predicted molar refractivity (Wildman–Crippen MR) is 104 cm³/mol. The summed E-state index contributed by atoms with van der Waals surface area (Å²) in [5.74, 6) is -1.00. The van der Waals surface area contributed by atoms with E-state index in [4.69, 9.17) is 0 Å². The first-order valence-corrected chi connectivity index (χ1v) is 8.96. The average molecular weight is 347 g/mol. The predicted octanol–water partition coefficient (Wildman–Crippen LogP) is 4.67. The summed E-state index contributed by atoms with van der Waals surface area (Å²) >= 11 is 0. The van der Waals surface area contributed by atoms with Gasteiger partial charge in [0.2, 0.25) is 0 Å². The second-order valence-corrected chi connectivity index (χ2v) is 6.57. The third-order valence-electron chi connectivity index (χ3n) is 4.79. The number of hydrogen-bond donors (Lipinski definition) is 2. The Morgan fingerprint density at radius 2 is 1.77 bits per heavy atom. The number of fused-ring (bicyclic) bond motifs is 1. The largest absolute Gasteiger partial charge is 0.477 e. The van der Waals surface area contributed by atoms with Crippen molar-refractivity contribution in [3.05, 3.63) is 60.3 Å². The van der Waals surface area contributed by atoms with E-state index in [1.807, 2.05) is 48.5 Å². The van der Waals surface area contributed by atoms with Crippen LogP contribution in [0.4, 0.5) is 17.1 Å². The molecule has 2 N–H and O–H groups in total. The van der Waals surface area contributed by atoms with Crippen molar-refractivity contribution >= 4 is 33.9 Å². The lowest BCUT2D eigenvalue weighted by Gasteiger charge is -2.30. The molecule has 0 radical (unpaired) electrons. The van der Waals surface area contributed by atoms with Gasteiger partial charge in [0.15, 0.2) is 5.69 Å². The number of anilines is 3. The second-order valence-electron chi connectivity index (χ2n) is 6.57. The van der Waals surface area contributed by atoms with Crippen molar-refractivity contribution in [3.8, 4) is 0 Å². The number of carboxylic acid groups (broad SMARTS) is 1. The zero-order valence-electron chi connectivity index (χ0n) is 14.5. The number of carbonyl (C=O) groups is 1. The van der Waals surface area contributed by atoms with Gasteiger partial charge in [0, 0.05) is 29.9 Å². The Kier molecular flexibility index (Phi) is 4.44. The minimum absolute atomic E-state index is 0.0837. The molecule has 0 saturated carbocycles. The number of hydrogen-bond acceptors (Lipinski definition) is 4. The number of pyridine rings is 1. The zero-order valence-corrected chi connectivity index (χ0v) is 14.5. The number of aromatic carboxylic acids is 1. The first-order chi connectivity index (χ1) is 12.7. The van der Waals surface area contributed by atoms with Crippen molar-refractivity contribution in [2.45, 2.75) is 19.3 Å². The number of para-hydroxylation sites is 2. The summed E-state index contributed by atoms with van der Waals surface area (Å²) in [6.45, 7) is 1.91. The maximum Gasteiger partial charge on any atom is 0.354 e. The molecule has 26 heavy (non-hydrogen) atoms. The highest BCUT2D eigenvalue weighted by molar-refractivity contribution is 6.03. The quantitative estimate of drug-likeness (QED) is 0.718. The lowest BCUT2D eigenvalue weighted by molar-refractivity contribution is 0.0691. The minimum Gasteiger partial charge on any atom is -0.477 e. The summed E-state index contributed by atoms with van der Waals surface area (Å²) in [6, 6.07) is 17.5. The van der Waals surface area contributed by atoms with Gasteiger partial charge in [0.25, 0.3) is 0 Å². The lowest BCUT2D eigenvalue weighted by Crippen LogP contribution is -2.29. The molecule has 1 fully saturated rings. The molecule has 0 bridgehead atoms. The van der Waals surface area contributed by atoms with E-state index in [0.717, 1.165) is 48.4 Å². The molecule has 0 aliphatic carbocycles. The molecule has 0 amide bonds. The van der Waals surface area contributed by atoms with Crippen LogP contribution in [0.15, 0.2) is 54.6 Å². The monoisotopic (exact) mass is 347 g/mol. The van der Waals surface area contributed by atoms with Gasteiger partial charge in [0.05, 0.1) is 11.2 Å². The van der Waals surface area contributed by atoms with E-state index in [9.17, 15) is 9.90 Å². The third-order valence-corrected chi connectivity index (χ3v) is 4.79. The van der Waals surface area contributed by atoms with Crippen LogP contribution in [0.5, 0.6) is 0 Å². The molecule has 2 aromatic carbocycles. The van der Waals surface area contributed by atoms with Crippen molar-refractivity contribution in [2.75, 3.05) is 23.3 Å². The maximum atomic E-state index is 11.6. The zero-order chi connectivity index (χ0) is 17.9. The first-order valence-electron chi connectivity index (χ1n) is 8.96. The highest BCUT2D eigenvalue weighted by atomic mass is 16.4. The van der Waals surface area contributed by atoms with Gasteiger partial charge in [-0.05, 0) is 43.5 Å². The number of benzene rings is 2.